The first-order valence-corrected chi connectivity index (χ1v) is 11.0. The molecule has 1 saturated carbocycles. The van der Waals surface area contributed by atoms with Crippen molar-refractivity contribution in [3.8, 4) is 11.6 Å². The lowest BCUT2D eigenvalue weighted by atomic mass is 10.2. The molecule has 3 heterocycles. The number of carbonyl (C=O) groups is 2. The molecule has 2 N–H and O–H groups in total. The summed E-state index contributed by atoms with van der Waals surface area (Å²) in [6, 6.07) is 18.9. The van der Waals surface area contributed by atoms with Crippen molar-refractivity contribution in [2.45, 2.75) is 12.5 Å². The number of likely N-dealkylation sites (tertiary alicyclic amines) is 1. The van der Waals surface area contributed by atoms with Gasteiger partial charge >= 0.3 is 0 Å². The van der Waals surface area contributed by atoms with Crippen LogP contribution in [0.4, 0.5) is 17.6 Å². The number of fused-ring (bicyclic) bond motifs is 1. The Morgan fingerprint density at radius 2 is 1.51 bits per heavy atom. The highest BCUT2D eigenvalue weighted by Crippen LogP contribution is 2.59. The normalized spacial score (nSPS) is 20.7. The van der Waals surface area contributed by atoms with Crippen LogP contribution in [0.2, 0.25) is 0 Å². The molecule has 1 aliphatic heterocycles. The zero-order valence-corrected chi connectivity index (χ0v) is 18.6. The van der Waals surface area contributed by atoms with E-state index in [4.69, 9.17) is 10.3 Å². The SMILES string of the molecule is CN(c1ccccc1)c1nc(N)nc(-c2noc(C3[C@H]4C(=O)N(Cc5ccccc5)C(=O)[C@@H]34)n2)n1. The lowest BCUT2D eigenvalue weighted by molar-refractivity contribution is -0.142. The molecule has 2 amide bonds. The first-order chi connectivity index (χ1) is 17.0. The number of nitrogens with zero attached hydrogens (tertiary/aromatic N) is 7. The van der Waals surface area contributed by atoms with Crippen molar-refractivity contribution in [1.29, 1.82) is 0 Å². The molecule has 2 aromatic heterocycles. The molecular weight excluding hydrogens is 448 g/mol. The lowest BCUT2D eigenvalue weighted by Gasteiger charge is -2.17. The number of hydrogen-bond donors (Lipinski definition) is 1. The number of nitrogen functional groups attached to an aromatic ring is 1. The second kappa shape index (κ2) is 7.97. The lowest BCUT2D eigenvalue weighted by Crippen LogP contribution is -2.33. The molecule has 1 unspecified atom stereocenters. The van der Waals surface area contributed by atoms with E-state index in [1.807, 2.05) is 60.7 Å². The Morgan fingerprint density at radius 1 is 0.857 bits per heavy atom. The van der Waals surface area contributed by atoms with Gasteiger partial charge in [0, 0.05) is 12.7 Å². The predicted octanol–water partition coefficient (Wildman–Crippen LogP) is 2.17. The number of hydrogen-bond acceptors (Lipinski definition) is 10. The molecule has 0 spiro atoms. The minimum atomic E-state index is -0.484. The van der Waals surface area contributed by atoms with E-state index >= 15 is 0 Å². The van der Waals surface area contributed by atoms with Gasteiger partial charge in [-0.1, -0.05) is 53.7 Å². The van der Waals surface area contributed by atoms with Crippen molar-refractivity contribution in [2.24, 2.45) is 11.8 Å². The number of rotatable bonds is 6. The highest BCUT2D eigenvalue weighted by atomic mass is 16.5. The molecular formula is C24H20N8O3. The number of carbonyl (C=O) groups excluding carboxylic acids is 2. The summed E-state index contributed by atoms with van der Waals surface area (Å²) in [5.41, 5.74) is 7.67. The van der Waals surface area contributed by atoms with E-state index in [0.29, 0.717) is 5.95 Å². The van der Waals surface area contributed by atoms with Gasteiger partial charge in [0.2, 0.25) is 41.3 Å². The van der Waals surface area contributed by atoms with Crippen LogP contribution in [-0.4, -0.2) is 48.9 Å². The van der Waals surface area contributed by atoms with E-state index in [9.17, 15) is 9.59 Å². The third-order valence-corrected chi connectivity index (χ3v) is 6.32. The van der Waals surface area contributed by atoms with Crippen LogP contribution in [0.25, 0.3) is 11.6 Å². The summed E-state index contributed by atoms with van der Waals surface area (Å²) in [4.78, 5) is 46.0. The van der Waals surface area contributed by atoms with Gasteiger partial charge in [0.1, 0.15) is 0 Å². The van der Waals surface area contributed by atoms with Crippen molar-refractivity contribution in [3.05, 3.63) is 72.1 Å². The van der Waals surface area contributed by atoms with Crippen LogP contribution >= 0.6 is 0 Å². The fraction of sp³-hybridized carbons (Fsp3) is 0.208. The smallest absolute Gasteiger partial charge is 0.240 e. The maximum atomic E-state index is 12.9. The topological polar surface area (TPSA) is 144 Å². The van der Waals surface area contributed by atoms with Crippen LogP contribution in [-0.2, 0) is 16.1 Å². The number of imide groups is 1. The average molecular weight is 468 g/mol. The van der Waals surface area contributed by atoms with E-state index in [1.165, 1.54) is 4.90 Å². The third kappa shape index (κ3) is 3.57. The molecule has 0 bridgehead atoms. The highest BCUT2D eigenvalue weighted by Gasteiger charge is 2.69. The Morgan fingerprint density at radius 3 is 2.20 bits per heavy atom. The van der Waals surface area contributed by atoms with Crippen LogP contribution in [0.5, 0.6) is 0 Å². The summed E-state index contributed by atoms with van der Waals surface area (Å²) < 4.78 is 5.42. The summed E-state index contributed by atoms with van der Waals surface area (Å²) in [5, 5.41) is 3.98. The Kier molecular flexibility index (Phi) is 4.76. The van der Waals surface area contributed by atoms with Crippen LogP contribution in [0.3, 0.4) is 0 Å². The number of aromatic nitrogens is 5. The fourth-order valence-electron chi connectivity index (χ4n) is 4.48. The third-order valence-electron chi connectivity index (χ3n) is 6.32. The Bertz CT molecular complexity index is 1400. The van der Waals surface area contributed by atoms with Crippen LogP contribution in [0, 0.1) is 11.8 Å². The molecule has 0 radical (unpaired) electrons. The van der Waals surface area contributed by atoms with Gasteiger partial charge in [-0.2, -0.15) is 19.9 Å². The number of para-hydroxylation sites is 1. The molecule has 2 aliphatic rings. The molecule has 1 aliphatic carbocycles. The number of amides is 2. The summed E-state index contributed by atoms with van der Waals surface area (Å²) in [5.74, 6) is -1.05. The van der Waals surface area contributed by atoms with E-state index in [-0.39, 0.29) is 41.8 Å². The van der Waals surface area contributed by atoms with Gasteiger partial charge in [-0.3, -0.25) is 14.5 Å². The summed E-state index contributed by atoms with van der Waals surface area (Å²) in [6.07, 6.45) is 0. The molecule has 35 heavy (non-hydrogen) atoms. The van der Waals surface area contributed by atoms with Gasteiger partial charge in [-0.15, -0.1) is 0 Å². The maximum Gasteiger partial charge on any atom is 0.240 e. The number of piperidine rings is 1. The Labute approximate surface area is 199 Å². The molecule has 174 valence electrons. The van der Waals surface area contributed by atoms with E-state index in [0.717, 1.165) is 11.3 Å². The Balaban J connectivity index is 1.21. The largest absolute Gasteiger partial charge is 0.368 e. The number of anilines is 3. The van der Waals surface area contributed by atoms with Crippen molar-refractivity contribution >= 4 is 29.4 Å². The molecule has 2 fully saturated rings. The maximum absolute atomic E-state index is 12.9. The highest BCUT2D eigenvalue weighted by molar-refractivity contribution is 6.10. The van der Waals surface area contributed by atoms with Crippen LogP contribution in [0.1, 0.15) is 17.4 Å². The molecule has 6 rings (SSSR count). The summed E-state index contributed by atoms with van der Waals surface area (Å²) >= 11 is 0. The van der Waals surface area contributed by atoms with Gasteiger partial charge < -0.3 is 15.2 Å². The summed E-state index contributed by atoms with van der Waals surface area (Å²) in [7, 11) is 1.80. The fourth-order valence-corrected chi connectivity index (χ4v) is 4.48. The predicted molar refractivity (Wildman–Crippen MR) is 124 cm³/mol. The van der Waals surface area contributed by atoms with E-state index in [2.05, 4.69) is 25.1 Å². The quantitative estimate of drug-likeness (QED) is 0.418. The van der Waals surface area contributed by atoms with Gasteiger partial charge in [0.15, 0.2) is 0 Å². The first kappa shape index (κ1) is 20.9. The standard InChI is InChI=1S/C24H20N8O3/c1-31(14-10-6-3-7-11-14)24-28-18(27-23(25)29-24)19-26-20(35-30-19)15-16-17(15)22(34)32(21(16)33)12-13-8-4-2-5-9-13/h2-11,15-17H,12H2,1H3,(H2,25,27,28,29)/t15?,16-,17+. The second-order valence-corrected chi connectivity index (χ2v) is 8.49. The van der Waals surface area contributed by atoms with E-state index in [1.54, 1.807) is 11.9 Å². The molecule has 11 nitrogen and oxygen atoms in total. The van der Waals surface area contributed by atoms with Crippen molar-refractivity contribution in [2.75, 3.05) is 17.7 Å². The number of benzene rings is 2. The monoisotopic (exact) mass is 468 g/mol. The van der Waals surface area contributed by atoms with Crippen molar-refractivity contribution in [1.82, 2.24) is 30.0 Å². The first-order valence-electron chi connectivity index (χ1n) is 11.0. The van der Waals surface area contributed by atoms with Gasteiger partial charge in [-0.05, 0) is 17.7 Å². The molecule has 2 aromatic carbocycles. The van der Waals surface area contributed by atoms with Gasteiger partial charge in [-0.25, -0.2) is 0 Å². The molecule has 4 aromatic rings. The van der Waals surface area contributed by atoms with Crippen molar-refractivity contribution in [3.63, 3.8) is 0 Å². The second-order valence-electron chi connectivity index (χ2n) is 8.49. The zero-order valence-electron chi connectivity index (χ0n) is 18.6. The minimum Gasteiger partial charge on any atom is -0.368 e. The minimum absolute atomic E-state index is 0.00401. The molecule has 3 atom stereocenters. The van der Waals surface area contributed by atoms with Gasteiger partial charge in [0.05, 0.1) is 24.3 Å². The van der Waals surface area contributed by atoms with Gasteiger partial charge in [0.25, 0.3) is 0 Å². The number of nitrogens with two attached hydrogens (primary N) is 1. The van der Waals surface area contributed by atoms with Crippen LogP contribution in [0.15, 0.2) is 65.2 Å². The molecule has 11 heteroatoms. The Hall–Kier alpha value is -4.67. The average Bonchev–Trinajstić information content (AvgIpc) is 3.34. The zero-order chi connectivity index (χ0) is 24.1. The molecule has 1 saturated heterocycles. The van der Waals surface area contributed by atoms with Crippen molar-refractivity contribution < 1.29 is 14.1 Å². The van der Waals surface area contributed by atoms with E-state index < -0.39 is 17.8 Å². The summed E-state index contributed by atoms with van der Waals surface area (Å²) in [6.45, 7) is 0.259. The van der Waals surface area contributed by atoms with Crippen LogP contribution < -0.4 is 10.6 Å².